The maximum absolute atomic E-state index is 12.5. The molecule has 0 amide bonds. The van der Waals surface area contributed by atoms with Crippen LogP contribution in [0.25, 0.3) is 0 Å². The van der Waals surface area contributed by atoms with Gasteiger partial charge in [-0.05, 0) is 37.2 Å². The van der Waals surface area contributed by atoms with Crippen molar-refractivity contribution < 1.29 is 23.9 Å². The molecule has 0 aliphatic heterocycles. The first kappa shape index (κ1) is 20.5. The largest absolute Gasteiger partial charge is 0.465 e. The number of aldehydes is 1. The van der Waals surface area contributed by atoms with Crippen LogP contribution < -0.4 is 0 Å². The van der Waals surface area contributed by atoms with Gasteiger partial charge in [0.25, 0.3) is 0 Å². The minimum Gasteiger partial charge on any atom is -0.465 e. The van der Waals surface area contributed by atoms with E-state index in [4.69, 9.17) is 9.47 Å². The predicted molar refractivity (Wildman–Crippen MR) is 103 cm³/mol. The molecule has 144 valence electrons. The van der Waals surface area contributed by atoms with E-state index in [1.807, 2.05) is 30.3 Å². The van der Waals surface area contributed by atoms with Crippen molar-refractivity contribution in [3.63, 3.8) is 0 Å². The Balaban J connectivity index is 1.95. The minimum absolute atomic E-state index is 0.164. The maximum atomic E-state index is 12.5. The molecule has 1 fully saturated rings. The van der Waals surface area contributed by atoms with Crippen molar-refractivity contribution >= 4 is 28.3 Å². The molecular formula is C20H28O5S. The van der Waals surface area contributed by atoms with Crippen molar-refractivity contribution in [1.82, 2.24) is 0 Å². The highest BCUT2D eigenvalue weighted by atomic mass is 32.3. The van der Waals surface area contributed by atoms with Gasteiger partial charge >= 0.3 is 11.9 Å². The van der Waals surface area contributed by atoms with Crippen LogP contribution in [0.4, 0.5) is 0 Å². The van der Waals surface area contributed by atoms with Crippen molar-refractivity contribution in [2.75, 3.05) is 31.1 Å². The SMILES string of the molecule is CS(C)(C)CCOC(=O)[C@H]1[C@H](C=O)CC[C@@H]1C(=O)OCc1ccccc1. The van der Waals surface area contributed by atoms with Crippen LogP contribution in [0, 0.1) is 17.8 Å². The standard InChI is InChI=1S/C20H28O5S/c1-26(2,3)12-11-24-20(23)18-16(13-21)9-10-17(18)19(22)25-14-15-7-5-4-6-8-15/h4-8,13,16-18H,9-12,14H2,1-3H3/t16-,17-,18-/m0/s1. The number of carbonyl (C=O) groups excluding carboxylic acids is 3. The van der Waals surface area contributed by atoms with Gasteiger partial charge < -0.3 is 14.3 Å². The van der Waals surface area contributed by atoms with Crippen LogP contribution in [0.1, 0.15) is 18.4 Å². The van der Waals surface area contributed by atoms with Gasteiger partial charge in [-0.15, -0.1) is 0 Å². The highest BCUT2D eigenvalue weighted by Gasteiger charge is 2.46. The molecule has 1 aliphatic carbocycles. The van der Waals surface area contributed by atoms with Gasteiger partial charge in [0.15, 0.2) is 0 Å². The lowest BCUT2D eigenvalue weighted by Crippen LogP contribution is -2.33. The Bertz CT molecular complexity index is 623. The first-order valence-electron chi connectivity index (χ1n) is 8.80. The minimum atomic E-state index is -0.770. The summed E-state index contributed by atoms with van der Waals surface area (Å²) in [7, 11) is -0.770. The van der Waals surface area contributed by atoms with Crippen LogP contribution in [0.5, 0.6) is 0 Å². The van der Waals surface area contributed by atoms with Crippen LogP contribution in [0.3, 0.4) is 0 Å². The van der Waals surface area contributed by atoms with Gasteiger partial charge in [-0.3, -0.25) is 9.59 Å². The van der Waals surface area contributed by atoms with Gasteiger partial charge in [-0.25, -0.2) is 10.0 Å². The zero-order valence-corrected chi connectivity index (χ0v) is 16.5. The summed E-state index contributed by atoms with van der Waals surface area (Å²) in [6, 6.07) is 9.38. The number of ether oxygens (including phenoxy) is 2. The quantitative estimate of drug-likeness (QED) is 0.512. The third-order valence-corrected chi connectivity index (χ3v) is 6.01. The smallest absolute Gasteiger partial charge is 0.310 e. The van der Waals surface area contributed by atoms with Crippen molar-refractivity contribution in [3.05, 3.63) is 35.9 Å². The average Bonchev–Trinajstić information content (AvgIpc) is 3.03. The average molecular weight is 381 g/mol. The summed E-state index contributed by atoms with van der Waals surface area (Å²) in [5, 5.41) is 0. The summed E-state index contributed by atoms with van der Waals surface area (Å²) in [5.74, 6) is -1.89. The zero-order valence-electron chi connectivity index (χ0n) is 15.7. The first-order chi connectivity index (χ1) is 12.3. The number of carbonyl (C=O) groups is 3. The van der Waals surface area contributed by atoms with Crippen LogP contribution in [0.15, 0.2) is 30.3 Å². The fourth-order valence-corrected chi connectivity index (χ4v) is 3.69. The second-order valence-electron chi connectivity index (χ2n) is 7.57. The molecule has 5 nitrogen and oxygen atoms in total. The van der Waals surface area contributed by atoms with Gasteiger partial charge in [0, 0.05) is 11.7 Å². The van der Waals surface area contributed by atoms with E-state index in [2.05, 4.69) is 18.8 Å². The van der Waals surface area contributed by atoms with Crippen LogP contribution in [-0.2, 0) is 30.5 Å². The van der Waals surface area contributed by atoms with Crippen molar-refractivity contribution in [3.8, 4) is 0 Å². The van der Waals surface area contributed by atoms with E-state index in [0.29, 0.717) is 19.4 Å². The molecule has 1 aliphatic rings. The normalized spacial score (nSPS) is 23.3. The third-order valence-electron chi connectivity index (χ3n) is 4.62. The van der Waals surface area contributed by atoms with E-state index in [0.717, 1.165) is 17.6 Å². The molecule has 0 aromatic heterocycles. The molecule has 0 N–H and O–H groups in total. The fraction of sp³-hybridized carbons (Fsp3) is 0.550. The summed E-state index contributed by atoms with van der Waals surface area (Å²) in [6.07, 6.45) is 8.20. The molecule has 0 heterocycles. The number of hydrogen-bond donors (Lipinski definition) is 0. The molecule has 1 saturated carbocycles. The third kappa shape index (κ3) is 5.87. The number of rotatable bonds is 8. The second-order valence-corrected chi connectivity index (χ2v) is 12.2. The van der Waals surface area contributed by atoms with Gasteiger partial charge in [0.1, 0.15) is 12.9 Å². The Labute approximate surface area is 156 Å². The number of esters is 2. The lowest BCUT2D eigenvalue weighted by Gasteiger charge is -2.25. The van der Waals surface area contributed by atoms with Crippen LogP contribution in [0.2, 0.25) is 0 Å². The van der Waals surface area contributed by atoms with E-state index < -0.39 is 39.7 Å². The molecule has 0 unspecified atom stereocenters. The lowest BCUT2D eigenvalue weighted by molar-refractivity contribution is -0.161. The fourth-order valence-electron chi connectivity index (χ4n) is 3.11. The van der Waals surface area contributed by atoms with E-state index >= 15 is 0 Å². The van der Waals surface area contributed by atoms with Crippen LogP contribution >= 0.6 is 10.0 Å². The molecule has 1 aromatic rings. The van der Waals surface area contributed by atoms with Crippen LogP contribution in [-0.4, -0.2) is 49.4 Å². The summed E-state index contributed by atoms with van der Waals surface area (Å²) in [5.41, 5.74) is 0.887. The molecule has 0 saturated heterocycles. The Morgan fingerprint density at radius 3 is 2.38 bits per heavy atom. The molecule has 0 spiro atoms. The predicted octanol–water partition coefficient (Wildman–Crippen LogP) is 2.81. The molecule has 0 bridgehead atoms. The number of hydrogen-bond acceptors (Lipinski definition) is 5. The van der Waals surface area contributed by atoms with Gasteiger partial charge in [-0.2, -0.15) is 0 Å². The molecule has 2 rings (SSSR count). The topological polar surface area (TPSA) is 69.7 Å². The summed E-state index contributed by atoms with van der Waals surface area (Å²) < 4.78 is 10.8. The Kier molecular flexibility index (Phi) is 7.26. The molecule has 26 heavy (non-hydrogen) atoms. The monoisotopic (exact) mass is 380 g/mol. The maximum Gasteiger partial charge on any atom is 0.310 e. The molecule has 0 radical (unpaired) electrons. The van der Waals surface area contributed by atoms with E-state index in [1.54, 1.807) is 0 Å². The van der Waals surface area contributed by atoms with Crippen molar-refractivity contribution in [2.24, 2.45) is 17.8 Å². The Morgan fingerprint density at radius 2 is 1.77 bits per heavy atom. The van der Waals surface area contributed by atoms with Gasteiger partial charge in [-0.1, -0.05) is 30.3 Å². The van der Waals surface area contributed by atoms with Gasteiger partial charge in [0.2, 0.25) is 0 Å². The summed E-state index contributed by atoms with van der Waals surface area (Å²) >= 11 is 0. The Morgan fingerprint density at radius 1 is 1.08 bits per heavy atom. The highest BCUT2D eigenvalue weighted by Crippen LogP contribution is 2.38. The van der Waals surface area contributed by atoms with E-state index in [9.17, 15) is 14.4 Å². The lowest BCUT2D eigenvalue weighted by atomic mass is 9.90. The summed E-state index contributed by atoms with van der Waals surface area (Å²) in [6.45, 7) is 0.489. The molecule has 6 heteroatoms. The Hall–Kier alpha value is -1.82. The first-order valence-corrected chi connectivity index (χ1v) is 11.8. The molecule has 1 aromatic carbocycles. The van der Waals surface area contributed by atoms with Gasteiger partial charge in [0.05, 0.1) is 18.4 Å². The molecule has 3 atom stereocenters. The highest BCUT2D eigenvalue weighted by molar-refractivity contribution is 8.32. The second kappa shape index (κ2) is 9.21. The van der Waals surface area contributed by atoms with E-state index in [-0.39, 0.29) is 6.61 Å². The zero-order chi connectivity index (χ0) is 19.2. The summed E-state index contributed by atoms with van der Waals surface area (Å²) in [4.78, 5) is 36.3. The van der Waals surface area contributed by atoms with Crippen molar-refractivity contribution in [1.29, 1.82) is 0 Å². The molecular weight excluding hydrogens is 352 g/mol. The van der Waals surface area contributed by atoms with Crippen molar-refractivity contribution in [2.45, 2.75) is 19.4 Å². The van der Waals surface area contributed by atoms with E-state index in [1.165, 1.54) is 0 Å². The number of benzene rings is 1.